The average molecular weight is 583 g/mol. The molecule has 42 heavy (non-hydrogen) atoms. The molecule has 228 valence electrons. The third-order valence-electron chi connectivity index (χ3n) is 10.1. The molecule has 4 N–H and O–H groups in total. The predicted molar refractivity (Wildman–Crippen MR) is 154 cm³/mol. The van der Waals surface area contributed by atoms with E-state index in [9.17, 15) is 34.2 Å². The van der Waals surface area contributed by atoms with Crippen molar-refractivity contribution in [3.63, 3.8) is 0 Å². The van der Waals surface area contributed by atoms with Gasteiger partial charge >= 0.3 is 0 Å². The normalized spacial score (nSPS) is 32.0. The molecule has 0 aromatic heterocycles. The van der Waals surface area contributed by atoms with Gasteiger partial charge in [-0.15, -0.1) is 0 Å². The van der Waals surface area contributed by atoms with E-state index in [0.717, 1.165) is 38.8 Å². The molecule has 0 radical (unpaired) electrons. The number of aromatic hydroxyl groups is 1. The van der Waals surface area contributed by atoms with Gasteiger partial charge in [-0.25, -0.2) is 0 Å². The van der Waals surface area contributed by atoms with Crippen LogP contribution in [0.1, 0.15) is 54.9 Å². The summed E-state index contributed by atoms with van der Waals surface area (Å²) < 4.78 is 0. The molecule has 2 saturated carbocycles. The number of fused-ring (bicyclic) bond motifs is 3. The Morgan fingerprint density at radius 1 is 1.12 bits per heavy atom. The summed E-state index contributed by atoms with van der Waals surface area (Å²) in [4.78, 5) is 73.0. The number of carbonyl (C=O) groups excluding carboxylic acids is 5. The SMILES string of the molecule is CCCCN(c1ccc2c(c1O)C(=O)C1C(=O)[C@]3(O)C(=O)C(C(N)=O)C(=O)[C@@H](N(C)C)[C@@H]3C[C@@H]1C2)C1CCN(C)CC1. The molecule has 1 aliphatic heterocycles. The molecule has 0 bridgehead atoms. The molecular weight excluding hydrogens is 540 g/mol. The van der Waals surface area contributed by atoms with Crippen molar-refractivity contribution >= 4 is 34.7 Å². The standard InChI is InChI=1S/C31H42N4O7/c1-5-6-11-35(18-9-12-34(4)13-10-18)20-8-7-16-14-17-15-19-24(33(2)3)27(38)23(30(32)41)29(40)31(19,42)28(39)22(17)26(37)21(16)25(20)36/h7-8,17-19,22-24,36,42H,5-6,9-15H2,1-4H3,(H2,32,41)/t17-,19-,22?,23?,24-,31-/m0/s1. The second kappa shape index (κ2) is 11.2. The zero-order chi connectivity index (χ0) is 30.7. The molecule has 11 heteroatoms. The van der Waals surface area contributed by atoms with E-state index in [-0.39, 0.29) is 30.2 Å². The van der Waals surface area contributed by atoms with Gasteiger partial charge in [0, 0.05) is 18.5 Å². The number of piperidine rings is 1. The highest BCUT2D eigenvalue weighted by molar-refractivity contribution is 6.32. The van der Waals surface area contributed by atoms with E-state index in [1.165, 1.54) is 4.90 Å². The lowest BCUT2D eigenvalue weighted by Gasteiger charge is -2.52. The molecule has 2 unspecified atom stereocenters. The van der Waals surface area contributed by atoms with Crippen LogP contribution in [0.25, 0.3) is 0 Å². The van der Waals surface area contributed by atoms with Crippen molar-refractivity contribution in [2.45, 2.75) is 63.1 Å². The first-order valence-corrected chi connectivity index (χ1v) is 15.0. The van der Waals surface area contributed by atoms with Crippen molar-refractivity contribution in [2.24, 2.45) is 29.4 Å². The molecule has 1 heterocycles. The van der Waals surface area contributed by atoms with Crippen LogP contribution < -0.4 is 10.6 Å². The topological polar surface area (TPSA) is 162 Å². The summed E-state index contributed by atoms with van der Waals surface area (Å²) in [6, 6.07) is 2.77. The van der Waals surface area contributed by atoms with Gasteiger partial charge in [-0.1, -0.05) is 19.4 Å². The molecule has 4 aliphatic rings. The predicted octanol–water partition coefficient (Wildman–Crippen LogP) is 0.568. The van der Waals surface area contributed by atoms with Gasteiger partial charge in [0.1, 0.15) is 5.75 Å². The molecule has 5 rings (SSSR count). The number of amides is 1. The van der Waals surface area contributed by atoms with Crippen LogP contribution >= 0.6 is 0 Å². The average Bonchev–Trinajstić information content (AvgIpc) is 2.92. The Morgan fingerprint density at radius 2 is 1.79 bits per heavy atom. The summed E-state index contributed by atoms with van der Waals surface area (Å²) in [6.45, 7) is 4.65. The van der Waals surface area contributed by atoms with Crippen molar-refractivity contribution in [3.8, 4) is 5.75 Å². The fourth-order valence-corrected chi connectivity index (χ4v) is 7.94. The minimum Gasteiger partial charge on any atom is -0.505 e. The minimum atomic E-state index is -2.72. The number of nitrogens with zero attached hydrogens (tertiary/aromatic N) is 3. The number of rotatable bonds is 7. The van der Waals surface area contributed by atoms with Crippen molar-refractivity contribution in [2.75, 3.05) is 45.7 Å². The number of nitrogens with two attached hydrogens (primary N) is 1. The Bertz CT molecular complexity index is 1320. The van der Waals surface area contributed by atoms with E-state index in [1.54, 1.807) is 14.1 Å². The van der Waals surface area contributed by atoms with Crippen LogP contribution in [-0.2, 0) is 25.6 Å². The Morgan fingerprint density at radius 3 is 2.38 bits per heavy atom. The highest BCUT2D eigenvalue weighted by Gasteiger charge is 2.69. The largest absolute Gasteiger partial charge is 0.505 e. The summed E-state index contributed by atoms with van der Waals surface area (Å²) >= 11 is 0. The third kappa shape index (κ3) is 4.57. The molecule has 1 aromatic rings. The fourth-order valence-electron chi connectivity index (χ4n) is 7.94. The molecule has 0 spiro atoms. The van der Waals surface area contributed by atoms with Crippen molar-refractivity contribution in [3.05, 3.63) is 23.3 Å². The Balaban J connectivity index is 1.55. The lowest BCUT2D eigenvalue weighted by atomic mass is 9.52. The van der Waals surface area contributed by atoms with Gasteiger partial charge in [-0.3, -0.25) is 28.9 Å². The second-order valence-electron chi connectivity index (χ2n) is 12.8. The number of phenols is 1. The smallest absolute Gasteiger partial charge is 0.235 e. The highest BCUT2D eigenvalue weighted by atomic mass is 16.3. The van der Waals surface area contributed by atoms with Gasteiger partial charge in [0.25, 0.3) is 0 Å². The van der Waals surface area contributed by atoms with Crippen molar-refractivity contribution in [1.82, 2.24) is 9.80 Å². The maximum absolute atomic E-state index is 14.1. The van der Waals surface area contributed by atoms with Gasteiger partial charge in [0.15, 0.2) is 34.7 Å². The summed E-state index contributed by atoms with van der Waals surface area (Å²) in [6.07, 6.45) is 4.01. The highest BCUT2D eigenvalue weighted by Crippen LogP contribution is 2.51. The lowest BCUT2D eigenvalue weighted by Crippen LogP contribution is -2.74. The maximum Gasteiger partial charge on any atom is 0.235 e. The third-order valence-corrected chi connectivity index (χ3v) is 10.1. The zero-order valence-corrected chi connectivity index (χ0v) is 24.8. The number of aliphatic hydroxyl groups is 1. The van der Waals surface area contributed by atoms with E-state index in [2.05, 4.69) is 23.8 Å². The van der Waals surface area contributed by atoms with Crippen molar-refractivity contribution < 1.29 is 34.2 Å². The van der Waals surface area contributed by atoms with Gasteiger partial charge in [0.05, 0.1) is 23.2 Å². The number of ketones is 4. The first kappa shape index (κ1) is 30.3. The number of likely N-dealkylation sites (N-methyl/N-ethyl adjacent to an activating group) is 1. The number of unbranched alkanes of at least 4 members (excludes halogenated alkanes) is 1. The molecule has 1 amide bonds. The molecule has 3 aliphatic carbocycles. The number of hydrogen-bond donors (Lipinski definition) is 3. The van der Waals surface area contributed by atoms with Gasteiger partial charge in [-0.05, 0) is 83.9 Å². The van der Waals surface area contributed by atoms with Crippen LogP contribution in [0.2, 0.25) is 0 Å². The Hall–Kier alpha value is -3.15. The van der Waals surface area contributed by atoms with Crippen LogP contribution in [0.4, 0.5) is 5.69 Å². The van der Waals surface area contributed by atoms with Crippen LogP contribution in [0.15, 0.2) is 12.1 Å². The Kier molecular flexibility index (Phi) is 8.06. The van der Waals surface area contributed by atoms with Gasteiger partial charge in [-0.2, -0.15) is 0 Å². The molecule has 1 saturated heterocycles. The van der Waals surface area contributed by atoms with E-state index >= 15 is 0 Å². The fraction of sp³-hybridized carbons (Fsp3) is 0.645. The van der Waals surface area contributed by atoms with Crippen molar-refractivity contribution in [1.29, 1.82) is 0 Å². The first-order valence-electron chi connectivity index (χ1n) is 15.0. The van der Waals surface area contributed by atoms with Crippen LogP contribution in [0, 0.1) is 23.7 Å². The van der Waals surface area contributed by atoms with Crippen LogP contribution in [0.5, 0.6) is 5.75 Å². The number of phenolic OH excluding ortho intramolecular Hbond substituents is 1. The number of anilines is 1. The molecule has 1 aromatic carbocycles. The number of likely N-dealkylation sites (tertiary alicyclic amines) is 1. The number of primary amides is 1. The summed E-state index contributed by atoms with van der Waals surface area (Å²) in [7, 11) is 5.23. The first-order chi connectivity index (χ1) is 19.8. The summed E-state index contributed by atoms with van der Waals surface area (Å²) in [5.74, 6) is -10.1. The van der Waals surface area contributed by atoms with Gasteiger partial charge < -0.3 is 25.7 Å². The minimum absolute atomic E-state index is 0.0463. The van der Waals surface area contributed by atoms with E-state index in [4.69, 9.17) is 5.73 Å². The summed E-state index contributed by atoms with van der Waals surface area (Å²) in [5.41, 5.74) is 3.88. The zero-order valence-electron chi connectivity index (χ0n) is 24.8. The molecule has 6 atom stereocenters. The maximum atomic E-state index is 14.1. The van der Waals surface area contributed by atoms with E-state index in [1.807, 2.05) is 12.1 Å². The number of carbonyl (C=O) groups is 5. The number of hydrogen-bond acceptors (Lipinski definition) is 10. The van der Waals surface area contributed by atoms with Crippen LogP contribution in [0.3, 0.4) is 0 Å². The second-order valence-corrected chi connectivity index (χ2v) is 12.8. The monoisotopic (exact) mass is 582 g/mol. The molecule has 3 fully saturated rings. The summed E-state index contributed by atoms with van der Waals surface area (Å²) in [5, 5.41) is 23.4. The lowest BCUT2D eigenvalue weighted by molar-refractivity contribution is -0.181. The van der Waals surface area contributed by atoms with E-state index < -0.39 is 64.4 Å². The Labute approximate surface area is 246 Å². The quantitative estimate of drug-likeness (QED) is 0.388. The van der Waals surface area contributed by atoms with Gasteiger partial charge in [0.2, 0.25) is 5.91 Å². The molecular formula is C31H42N4O7. The number of Topliss-reactive ketones (excluding diaryl/α,β-unsaturated/α-hetero) is 4. The van der Waals surface area contributed by atoms with Crippen LogP contribution in [-0.4, -0.2) is 108 Å². The number of benzene rings is 1. The molecule has 11 nitrogen and oxygen atoms in total. The van der Waals surface area contributed by atoms with E-state index in [0.29, 0.717) is 17.8 Å².